The second kappa shape index (κ2) is 9.35. The lowest BCUT2D eigenvalue weighted by atomic mass is 10.3. The number of nitro benzene ring substituents is 2. The topological polar surface area (TPSA) is 113 Å². The minimum atomic E-state index is -0.494. The second-order valence-electron chi connectivity index (χ2n) is 6.78. The zero-order valence-corrected chi connectivity index (χ0v) is 18.8. The Labute approximate surface area is 196 Å². The van der Waals surface area contributed by atoms with Gasteiger partial charge in [-0.05, 0) is 31.2 Å². The summed E-state index contributed by atoms with van der Waals surface area (Å²) in [7, 11) is 0. The van der Waals surface area contributed by atoms with Crippen LogP contribution in [0.25, 0.3) is 5.69 Å². The summed E-state index contributed by atoms with van der Waals surface area (Å²) >= 11 is 2.04. The van der Waals surface area contributed by atoms with Crippen molar-refractivity contribution in [3.05, 3.63) is 115 Å². The molecule has 4 aromatic rings. The minimum Gasteiger partial charge on any atom is -0.266 e. The lowest BCUT2D eigenvalue weighted by Crippen LogP contribution is -2.19. The first kappa shape index (κ1) is 22.4. The van der Waals surface area contributed by atoms with Gasteiger partial charge in [0.15, 0.2) is 0 Å². The van der Waals surface area contributed by atoms with E-state index in [-0.39, 0.29) is 16.9 Å². The van der Waals surface area contributed by atoms with Crippen LogP contribution < -0.4 is 5.56 Å². The standard InChI is InChI=1S/C22H16N4O5S2/c1-15-21(32-19-13-7-5-11-17(19)25(28)29)22(27)23(16-9-3-2-4-10-16)24(15)33-20-14-8-6-12-18(20)26(30)31/h2-14H,1H3. The molecule has 0 unspecified atom stereocenters. The fraction of sp³-hybridized carbons (Fsp3) is 0.0455. The quantitative estimate of drug-likeness (QED) is 0.254. The van der Waals surface area contributed by atoms with Crippen LogP contribution in [0.4, 0.5) is 11.4 Å². The molecule has 11 heteroatoms. The molecule has 0 atom stereocenters. The molecule has 33 heavy (non-hydrogen) atoms. The predicted molar refractivity (Wildman–Crippen MR) is 126 cm³/mol. The van der Waals surface area contributed by atoms with Gasteiger partial charge in [0.05, 0.1) is 26.1 Å². The molecule has 0 aliphatic carbocycles. The number of nitrogens with zero attached hydrogens (tertiary/aromatic N) is 4. The molecule has 0 saturated carbocycles. The molecule has 3 aromatic carbocycles. The van der Waals surface area contributed by atoms with Crippen molar-refractivity contribution in [1.82, 2.24) is 8.77 Å². The van der Waals surface area contributed by atoms with Crippen molar-refractivity contribution in [3.63, 3.8) is 0 Å². The van der Waals surface area contributed by atoms with Crippen molar-refractivity contribution in [2.45, 2.75) is 21.6 Å². The van der Waals surface area contributed by atoms with E-state index in [1.54, 1.807) is 71.7 Å². The van der Waals surface area contributed by atoms with Crippen LogP contribution in [0.15, 0.2) is 98.3 Å². The van der Waals surface area contributed by atoms with Gasteiger partial charge >= 0.3 is 0 Å². The summed E-state index contributed by atoms with van der Waals surface area (Å²) in [4.78, 5) is 36.5. The van der Waals surface area contributed by atoms with Crippen LogP contribution >= 0.6 is 23.7 Å². The highest BCUT2D eigenvalue weighted by molar-refractivity contribution is 8.00. The first-order chi connectivity index (χ1) is 15.9. The highest BCUT2D eigenvalue weighted by Gasteiger charge is 2.25. The fourth-order valence-corrected chi connectivity index (χ4v) is 5.29. The second-order valence-corrected chi connectivity index (χ2v) is 8.80. The summed E-state index contributed by atoms with van der Waals surface area (Å²) in [5.74, 6) is 0. The number of hydrogen-bond acceptors (Lipinski definition) is 7. The maximum absolute atomic E-state index is 13.5. The summed E-state index contributed by atoms with van der Waals surface area (Å²) in [6.07, 6.45) is 0. The summed E-state index contributed by atoms with van der Waals surface area (Å²) in [5, 5.41) is 23.0. The Morgan fingerprint density at radius 2 is 1.27 bits per heavy atom. The molecule has 0 saturated heterocycles. The molecule has 0 aliphatic rings. The normalized spacial score (nSPS) is 10.8. The van der Waals surface area contributed by atoms with Crippen molar-refractivity contribution < 1.29 is 9.85 Å². The number of aromatic nitrogens is 2. The average molecular weight is 481 g/mol. The molecule has 4 rings (SSSR count). The molecule has 0 spiro atoms. The van der Waals surface area contributed by atoms with Gasteiger partial charge in [-0.1, -0.05) is 54.2 Å². The Morgan fingerprint density at radius 3 is 1.88 bits per heavy atom. The third kappa shape index (κ3) is 4.41. The number of benzene rings is 3. The number of para-hydroxylation sites is 3. The van der Waals surface area contributed by atoms with Crippen LogP contribution in [0.2, 0.25) is 0 Å². The van der Waals surface area contributed by atoms with E-state index in [4.69, 9.17) is 0 Å². The van der Waals surface area contributed by atoms with Crippen LogP contribution in [-0.4, -0.2) is 18.6 Å². The molecule has 0 N–H and O–H groups in total. The van der Waals surface area contributed by atoms with Gasteiger partial charge in [-0.2, -0.15) is 0 Å². The Balaban J connectivity index is 1.90. The molecule has 0 radical (unpaired) electrons. The van der Waals surface area contributed by atoms with E-state index < -0.39 is 9.85 Å². The van der Waals surface area contributed by atoms with Gasteiger partial charge in [-0.15, -0.1) is 0 Å². The van der Waals surface area contributed by atoms with Gasteiger partial charge in [0.1, 0.15) is 9.79 Å². The molecule has 0 bridgehead atoms. The van der Waals surface area contributed by atoms with Crippen LogP contribution in [-0.2, 0) is 0 Å². The Morgan fingerprint density at radius 1 is 0.758 bits per heavy atom. The summed E-state index contributed by atoms with van der Waals surface area (Å²) in [6.45, 7) is 1.71. The van der Waals surface area contributed by atoms with Gasteiger partial charge in [0.25, 0.3) is 16.9 Å². The number of hydrogen-bond donors (Lipinski definition) is 0. The maximum atomic E-state index is 13.5. The van der Waals surface area contributed by atoms with Gasteiger partial charge in [-0.3, -0.25) is 25.0 Å². The number of nitro groups is 2. The van der Waals surface area contributed by atoms with Crippen molar-refractivity contribution in [2.75, 3.05) is 0 Å². The van der Waals surface area contributed by atoms with E-state index in [0.717, 1.165) is 23.7 Å². The van der Waals surface area contributed by atoms with E-state index in [2.05, 4.69) is 0 Å². The predicted octanol–water partition coefficient (Wildman–Crippen LogP) is 5.47. The third-order valence-electron chi connectivity index (χ3n) is 4.71. The summed E-state index contributed by atoms with van der Waals surface area (Å²) in [6, 6.07) is 21.3. The molecule has 0 amide bonds. The summed E-state index contributed by atoms with van der Waals surface area (Å²) < 4.78 is 2.99. The fourth-order valence-electron chi connectivity index (χ4n) is 3.17. The minimum absolute atomic E-state index is 0.0874. The van der Waals surface area contributed by atoms with E-state index in [9.17, 15) is 25.0 Å². The first-order valence-electron chi connectivity index (χ1n) is 9.61. The molecule has 0 aliphatic heterocycles. The molecular formula is C22H16N4O5S2. The zero-order valence-electron chi connectivity index (χ0n) is 17.2. The first-order valence-corrected chi connectivity index (χ1v) is 11.2. The van der Waals surface area contributed by atoms with Crippen molar-refractivity contribution in [1.29, 1.82) is 0 Å². The van der Waals surface area contributed by atoms with E-state index in [1.165, 1.54) is 16.8 Å². The lowest BCUT2D eigenvalue weighted by molar-refractivity contribution is -0.387. The Hall–Kier alpha value is -3.83. The van der Waals surface area contributed by atoms with Crippen molar-refractivity contribution >= 4 is 35.1 Å². The SMILES string of the molecule is Cc1c(Sc2ccccc2[N+](=O)[O-])c(=O)n(-c2ccccc2)n1Sc1ccccc1[N+](=O)[O-]. The smallest absolute Gasteiger partial charge is 0.266 e. The highest BCUT2D eigenvalue weighted by atomic mass is 32.2. The van der Waals surface area contributed by atoms with Gasteiger partial charge in [0, 0.05) is 24.1 Å². The Kier molecular flexibility index (Phi) is 6.33. The molecule has 9 nitrogen and oxygen atoms in total. The maximum Gasteiger partial charge on any atom is 0.286 e. The Bertz CT molecular complexity index is 1420. The van der Waals surface area contributed by atoms with Crippen LogP contribution in [0.1, 0.15) is 5.69 Å². The molecule has 1 aromatic heterocycles. The van der Waals surface area contributed by atoms with Crippen LogP contribution in [0, 0.1) is 27.2 Å². The molecule has 166 valence electrons. The molecule has 0 fully saturated rings. The largest absolute Gasteiger partial charge is 0.286 e. The van der Waals surface area contributed by atoms with Gasteiger partial charge in [0.2, 0.25) is 0 Å². The average Bonchev–Trinajstić information content (AvgIpc) is 3.04. The van der Waals surface area contributed by atoms with E-state index in [0.29, 0.717) is 26.1 Å². The van der Waals surface area contributed by atoms with Gasteiger partial charge < -0.3 is 0 Å². The van der Waals surface area contributed by atoms with Gasteiger partial charge in [-0.25, -0.2) is 8.77 Å². The van der Waals surface area contributed by atoms with Crippen LogP contribution in [0.5, 0.6) is 0 Å². The summed E-state index contributed by atoms with van der Waals surface area (Å²) in [5.41, 5.74) is 0.497. The van der Waals surface area contributed by atoms with E-state index >= 15 is 0 Å². The highest BCUT2D eigenvalue weighted by Crippen LogP contribution is 2.38. The van der Waals surface area contributed by atoms with Crippen molar-refractivity contribution in [3.8, 4) is 5.69 Å². The zero-order chi connectivity index (χ0) is 23.5. The molecular weight excluding hydrogens is 464 g/mol. The van der Waals surface area contributed by atoms with E-state index in [1.807, 2.05) is 6.07 Å². The lowest BCUT2D eigenvalue weighted by Gasteiger charge is -2.12. The van der Waals surface area contributed by atoms with Crippen molar-refractivity contribution in [2.24, 2.45) is 0 Å². The van der Waals surface area contributed by atoms with Crippen LogP contribution in [0.3, 0.4) is 0 Å². The monoisotopic (exact) mass is 480 g/mol. The third-order valence-corrected chi connectivity index (χ3v) is 7.10. The number of rotatable bonds is 7. The molecule has 1 heterocycles.